The minimum atomic E-state index is -0.0674. The van der Waals surface area contributed by atoms with E-state index in [1.54, 1.807) is 24.5 Å². The maximum absolute atomic E-state index is 11.9. The van der Waals surface area contributed by atoms with Gasteiger partial charge in [-0.15, -0.1) is 22.7 Å². The van der Waals surface area contributed by atoms with E-state index in [1.165, 1.54) is 11.3 Å². The zero-order valence-corrected chi connectivity index (χ0v) is 12.6. The van der Waals surface area contributed by atoms with Crippen molar-refractivity contribution in [1.82, 2.24) is 10.3 Å². The van der Waals surface area contributed by atoms with Gasteiger partial charge < -0.3 is 10.1 Å². The number of methoxy groups -OCH3 is 1. The highest BCUT2D eigenvalue weighted by Crippen LogP contribution is 2.23. The molecule has 102 valence electrons. The van der Waals surface area contributed by atoms with Crippen LogP contribution in [0.4, 0.5) is 0 Å². The van der Waals surface area contributed by atoms with Gasteiger partial charge >= 0.3 is 0 Å². The predicted octanol–water partition coefficient (Wildman–Crippen LogP) is 2.88. The monoisotopic (exact) mass is 296 g/mol. The molecule has 2 rings (SSSR count). The lowest BCUT2D eigenvalue weighted by Gasteiger charge is -2.04. The van der Waals surface area contributed by atoms with Gasteiger partial charge in [-0.2, -0.15) is 0 Å². The van der Waals surface area contributed by atoms with Crippen molar-refractivity contribution in [1.29, 1.82) is 0 Å². The molecular formula is C13H16N2O2S2. The van der Waals surface area contributed by atoms with Crippen molar-refractivity contribution < 1.29 is 9.53 Å². The Kier molecular flexibility index (Phi) is 4.93. The van der Waals surface area contributed by atoms with Gasteiger partial charge in [0.05, 0.1) is 12.1 Å². The van der Waals surface area contributed by atoms with Gasteiger partial charge in [0.2, 0.25) is 0 Å². The molecule has 0 aliphatic heterocycles. The number of thiazole rings is 1. The number of amides is 1. The molecule has 6 heteroatoms. The Labute approximate surface area is 120 Å². The molecule has 0 fully saturated rings. The highest BCUT2D eigenvalue weighted by atomic mass is 32.1. The summed E-state index contributed by atoms with van der Waals surface area (Å²) in [5.74, 6) is 0.570. The van der Waals surface area contributed by atoms with Gasteiger partial charge in [0, 0.05) is 24.0 Å². The fraction of sp³-hybridized carbons (Fsp3) is 0.385. The maximum atomic E-state index is 11.9. The first-order valence-corrected chi connectivity index (χ1v) is 7.77. The van der Waals surface area contributed by atoms with Gasteiger partial charge in [0.25, 0.3) is 5.91 Å². The maximum Gasteiger partial charge on any atom is 0.265 e. The van der Waals surface area contributed by atoms with Gasteiger partial charge in [0.15, 0.2) is 0 Å². The first-order chi connectivity index (χ1) is 9.20. The molecule has 0 aliphatic rings. The van der Waals surface area contributed by atoms with E-state index in [0.717, 1.165) is 23.5 Å². The Balaban J connectivity index is 1.75. The average Bonchev–Trinajstić information content (AvgIpc) is 3.02. The van der Waals surface area contributed by atoms with Crippen LogP contribution in [0.2, 0.25) is 0 Å². The van der Waals surface area contributed by atoms with Crippen LogP contribution < -0.4 is 10.1 Å². The van der Waals surface area contributed by atoms with E-state index in [4.69, 9.17) is 4.74 Å². The Hall–Kier alpha value is -1.40. The Bertz CT molecular complexity index is 548. The van der Waals surface area contributed by atoms with Crippen molar-refractivity contribution in [2.45, 2.75) is 19.8 Å². The van der Waals surface area contributed by atoms with Crippen molar-refractivity contribution in [2.75, 3.05) is 13.7 Å². The third-order valence-electron chi connectivity index (χ3n) is 2.57. The molecular weight excluding hydrogens is 280 g/mol. The van der Waals surface area contributed by atoms with E-state index in [2.05, 4.69) is 10.3 Å². The van der Waals surface area contributed by atoms with E-state index in [9.17, 15) is 4.79 Å². The number of rotatable bonds is 6. The molecule has 0 aliphatic carbocycles. The van der Waals surface area contributed by atoms with Crippen LogP contribution in [0.15, 0.2) is 16.8 Å². The minimum Gasteiger partial charge on any atom is -0.495 e. The van der Waals surface area contributed by atoms with E-state index in [1.807, 2.05) is 17.7 Å². The summed E-state index contributed by atoms with van der Waals surface area (Å²) in [7, 11) is 1.57. The summed E-state index contributed by atoms with van der Waals surface area (Å²) < 4.78 is 5.13. The van der Waals surface area contributed by atoms with Crippen molar-refractivity contribution in [2.24, 2.45) is 0 Å². The Morgan fingerprint density at radius 2 is 2.32 bits per heavy atom. The number of aromatic nitrogens is 1. The number of thiophene rings is 1. The van der Waals surface area contributed by atoms with Crippen LogP contribution in [-0.2, 0) is 6.42 Å². The molecule has 0 atom stereocenters. The molecule has 0 saturated carbocycles. The Morgan fingerprint density at radius 1 is 1.47 bits per heavy atom. The molecule has 0 spiro atoms. The average molecular weight is 296 g/mol. The lowest BCUT2D eigenvalue weighted by Crippen LogP contribution is -2.24. The topological polar surface area (TPSA) is 51.2 Å². The summed E-state index contributed by atoms with van der Waals surface area (Å²) in [4.78, 5) is 16.9. The molecule has 1 N–H and O–H groups in total. The highest BCUT2D eigenvalue weighted by molar-refractivity contribution is 7.12. The van der Waals surface area contributed by atoms with Crippen molar-refractivity contribution in [3.05, 3.63) is 32.4 Å². The number of carbonyl (C=O) groups is 1. The van der Waals surface area contributed by atoms with E-state index >= 15 is 0 Å². The summed E-state index contributed by atoms with van der Waals surface area (Å²) in [5, 5.41) is 7.93. The summed E-state index contributed by atoms with van der Waals surface area (Å²) in [6, 6.07) is 1.80. The molecule has 0 aromatic carbocycles. The largest absolute Gasteiger partial charge is 0.495 e. The second-order valence-corrected chi connectivity index (χ2v) is 5.92. The molecule has 2 heterocycles. The number of hydrogen-bond donors (Lipinski definition) is 1. The van der Waals surface area contributed by atoms with Crippen molar-refractivity contribution in [3.63, 3.8) is 0 Å². The van der Waals surface area contributed by atoms with Gasteiger partial charge in [-0.25, -0.2) is 4.98 Å². The number of aryl methyl sites for hydroxylation is 2. The van der Waals surface area contributed by atoms with Crippen molar-refractivity contribution in [3.8, 4) is 5.75 Å². The zero-order valence-electron chi connectivity index (χ0n) is 10.9. The number of hydrogen-bond acceptors (Lipinski definition) is 5. The first-order valence-electron chi connectivity index (χ1n) is 6.01. The number of nitrogens with one attached hydrogen (secondary N) is 1. The highest BCUT2D eigenvalue weighted by Gasteiger charge is 2.12. The first kappa shape index (κ1) is 14.0. The van der Waals surface area contributed by atoms with Gasteiger partial charge in [-0.1, -0.05) is 0 Å². The fourth-order valence-electron chi connectivity index (χ4n) is 1.66. The number of nitrogens with zero attached hydrogens (tertiary/aromatic N) is 1. The quantitative estimate of drug-likeness (QED) is 0.834. The number of carbonyl (C=O) groups excluding carboxylic acids is 1. The summed E-state index contributed by atoms with van der Waals surface area (Å²) in [6.45, 7) is 2.64. The minimum absolute atomic E-state index is 0.0674. The standard InChI is InChI=1S/C13H16N2O2S2/c1-9-8-19-11(15-9)4-3-6-14-13(16)12-10(17-2)5-7-18-12/h5,7-8H,3-4,6H2,1-2H3,(H,14,16). The molecule has 4 nitrogen and oxygen atoms in total. The van der Waals surface area contributed by atoms with Gasteiger partial charge in [-0.05, 0) is 24.8 Å². The molecule has 19 heavy (non-hydrogen) atoms. The van der Waals surface area contributed by atoms with Crippen LogP contribution in [-0.4, -0.2) is 24.5 Å². The third kappa shape index (κ3) is 3.78. The normalized spacial score (nSPS) is 10.4. The predicted molar refractivity (Wildman–Crippen MR) is 78.4 cm³/mol. The van der Waals surface area contributed by atoms with Crippen LogP contribution >= 0.6 is 22.7 Å². The molecule has 0 saturated heterocycles. The van der Waals surface area contributed by atoms with Crippen LogP contribution in [0.5, 0.6) is 5.75 Å². The van der Waals surface area contributed by atoms with Gasteiger partial charge in [-0.3, -0.25) is 4.79 Å². The molecule has 1 amide bonds. The summed E-state index contributed by atoms with van der Waals surface area (Å²) in [5.41, 5.74) is 1.06. The molecule has 0 radical (unpaired) electrons. The van der Waals surface area contributed by atoms with Crippen molar-refractivity contribution >= 4 is 28.6 Å². The lowest BCUT2D eigenvalue weighted by molar-refractivity contribution is 0.0954. The van der Waals surface area contributed by atoms with E-state index < -0.39 is 0 Å². The molecule has 0 bridgehead atoms. The summed E-state index contributed by atoms with van der Waals surface area (Å²) in [6.07, 6.45) is 1.80. The van der Waals surface area contributed by atoms with Crippen LogP contribution in [0.1, 0.15) is 26.8 Å². The third-order valence-corrected chi connectivity index (χ3v) is 4.50. The zero-order chi connectivity index (χ0) is 13.7. The smallest absolute Gasteiger partial charge is 0.265 e. The van der Waals surface area contributed by atoms with Gasteiger partial charge in [0.1, 0.15) is 10.6 Å². The number of ether oxygens (including phenoxy) is 1. The fourth-order valence-corrected chi connectivity index (χ4v) is 3.26. The Morgan fingerprint density at radius 3 is 3.00 bits per heavy atom. The molecule has 0 unspecified atom stereocenters. The lowest BCUT2D eigenvalue weighted by atomic mass is 10.3. The van der Waals surface area contributed by atoms with Crippen LogP contribution in [0.25, 0.3) is 0 Å². The SMILES string of the molecule is COc1ccsc1C(=O)NCCCc1nc(C)cs1. The molecule has 2 aromatic rings. The molecule has 2 aromatic heterocycles. The second kappa shape index (κ2) is 6.68. The second-order valence-electron chi connectivity index (χ2n) is 4.06. The van der Waals surface area contributed by atoms with Crippen LogP contribution in [0.3, 0.4) is 0 Å². The van der Waals surface area contributed by atoms with E-state index in [0.29, 0.717) is 17.2 Å². The van der Waals surface area contributed by atoms with E-state index in [-0.39, 0.29) is 5.91 Å². The summed E-state index contributed by atoms with van der Waals surface area (Å²) >= 11 is 3.06. The van der Waals surface area contributed by atoms with Crippen LogP contribution in [0, 0.1) is 6.92 Å².